The van der Waals surface area contributed by atoms with Crippen molar-refractivity contribution in [1.82, 2.24) is 5.16 Å². The van der Waals surface area contributed by atoms with Crippen molar-refractivity contribution in [2.24, 2.45) is 0 Å². The Balaban J connectivity index is 1.98. The van der Waals surface area contributed by atoms with Gasteiger partial charge in [-0.15, -0.1) is 0 Å². The molecule has 0 spiro atoms. The number of para-hydroxylation sites is 1. The molecule has 2 aromatic carbocycles. The van der Waals surface area contributed by atoms with Crippen LogP contribution in [0.25, 0.3) is 5.76 Å². The highest BCUT2D eigenvalue weighted by Crippen LogP contribution is 2.47. The first kappa shape index (κ1) is 21.9. The number of hydrogen-bond donors (Lipinski definition) is 1. The first-order valence-electron chi connectivity index (χ1n) is 10.0. The average Bonchev–Trinajstić information content (AvgIpc) is 3.38. The van der Waals surface area contributed by atoms with E-state index in [0.717, 1.165) is 0 Å². The van der Waals surface area contributed by atoms with Crippen LogP contribution in [0.4, 0.5) is 5.82 Å². The number of aryl methyl sites for hydroxylation is 1. The van der Waals surface area contributed by atoms with Crippen LogP contribution in [0.15, 0.2) is 58.6 Å². The fourth-order valence-electron chi connectivity index (χ4n) is 3.86. The Hall–Kier alpha value is -4.27. The number of amides is 1. The molecule has 33 heavy (non-hydrogen) atoms. The maximum absolute atomic E-state index is 13.2. The summed E-state index contributed by atoms with van der Waals surface area (Å²) in [5.41, 5.74) is 0.668. The SMILES string of the molecule is COc1ccc(/C(O)=C2\C(=O)C(=O)N(c3cc(C)on3)C2c2cccc(OC)c2OC)cc1. The van der Waals surface area contributed by atoms with Crippen LogP contribution in [0.3, 0.4) is 0 Å². The van der Waals surface area contributed by atoms with E-state index in [0.29, 0.717) is 34.1 Å². The van der Waals surface area contributed by atoms with Gasteiger partial charge >= 0.3 is 5.91 Å². The molecule has 0 bridgehead atoms. The molecule has 1 aliphatic rings. The normalized spacial score (nSPS) is 17.3. The minimum absolute atomic E-state index is 0.114. The first-order valence-corrected chi connectivity index (χ1v) is 10.0. The summed E-state index contributed by atoms with van der Waals surface area (Å²) in [6.45, 7) is 1.67. The van der Waals surface area contributed by atoms with Crippen molar-refractivity contribution < 1.29 is 33.4 Å². The molecule has 0 saturated carbocycles. The molecule has 9 nitrogen and oxygen atoms in total. The van der Waals surface area contributed by atoms with Crippen molar-refractivity contribution in [1.29, 1.82) is 0 Å². The Morgan fingerprint density at radius 1 is 1.03 bits per heavy atom. The standard InChI is InChI=1S/C24H22N2O7/c1-13-12-18(25-33-13)26-20(16-6-5-7-17(31-3)23(16)32-4)19(22(28)24(26)29)21(27)14-8-10-15(30-2)11-9-14/h5-12,20,27H,1-4H3/b21-19+. The number of ketones is 1. The van der Waals surface area contributed by atoms with Crippen molar-refractivity contribution in [3.8, 4) is 17.2 Å². The Bertz CT molecular complexity index is 1240. The lowest BCUT2D eigenvalue weighted by Crippen LogP contribution is -2.30. The van der Waals surface area contributed by atoms with Crippen molar-refractivity contribution in [2.45, 2.75) is 13.0 Å². The van der Waals surface area contributed by atoms with Gasteiger partial charge < -0.3 is 23.8 Å². The van der Waals surface area contributed by atoms with Crippen molar-refractivity contribution in [2.75, 3.05) is 26.2 Å². The second-order valence-electron chi connectivity index (χ2n) is 7.28. The summed E-state index contributed by atoms with van der Waals surface area (Å²) in [5.74, 6) is -0.160. The van der Waals surface area contributed by atoms with E-state index in [1.165, 1.54) is 32.3 Å². The Morgan fingerprint density at radius 2 is 1.76 bits per heavy atom. The monoisotopic (exact) mass is 450 g/mol. The molecule has 1 N–H and O–H groups in total. The zero-order chi connectivity index (χ0) is 23.7. The van der Waals surface area contributed by atoms with E-state index >= 15 is 0 Å². The molecular weight excluding hydrogens is 428 g/mol. The number of ether oxygens (including phenoxy) is 3. The number of nitrogens with zero attached hydrogens (tertiary/aromatic N) is 2. The predicted molar refractivity (Wildman–Crippen MR) is 119 cm³/mol. The number of anilines is 1. The summed E-state index contributed by atoms with van der Waals surface area (Å²) in [6.07, 6.45) is 0. The van der Waals surface area contributed by atoms with Crippen LogP contribution in [0.2, 0.25) is 0 Å². The number of Topliss-reactive ketones (excluding diaryl/α,β-unsaturated/α-hetero) is 1. The van der Waals surface area contributed by atoms with Gasteiger partial charge in [-0.25, -0.2) is 0 Å². The van der Waals surface area contributed by atoms with Crippen LogP contribution in [0.5, 0.6) is 17.2 Å². The molecular formula is C24H22N2O7. The number of methoxy groups -OCH3 is 3. The minimum atomic E-state index is -1.04. The van der Waals surface area contributed by atoms with Crippen molar-refractivity contribution in [3.63, 3.8) is 0 Å². The first-order chi connectivity index (χ1) is 15.9. The molecule has 3 aromatic rings. The summed E-state index contributed by atoms with van der Waals surface area (Å²) >= 11 is 0. The third-order valence-electron chi connectivity index (χ3n) is 5.40. The number of rotatable bonds is 6. The van der Waals surface area contributed by atoms with E-state index in [1.807, 2.05) is 0 Å². The maximum Gasteiger partial charge on any atom is 0.301 e. The number of carbonyl (C=O) groups is 2. The van der Waals surface area contributed by atoms with Gasteiger partial charge in [0.05, 0.1) is 26.9 Å². The van der Waals surface area contributed by atoms with Crippen LogP contribution < -0.4 is 19.1 Å². The topological polar surface area (TPSA) is 111 Å². The van der Waals surface area contributed by atoms with Gasteiger partial charge in [-0.05, 0) is 37.3 Å². The molecule has 0 radical (unpaired) electrons. The Kier molecular flexibility index (Phi) is 5.78. The molecule has 1 aliphatic heterocycles. The second-order valence-corrected chi connectivity index (χ2v) is 7.28. The lowest BCUT2D eigenvalue weighted by Gasteiger charge is -2.25. The summed E-state index contributed by atoms with van der Waals surface area (Å²) < 4.78 is 21.3. The van der Waals surface area contributed by atoms with Crippen LogP contribution in [0.1, 0.15) is 22.9 Å². The predicted octanol–water partition coefficient (Wildman–Crippen LogP) is 3.64. The van der Waals surface area contributed by atoms with E-state index in [9.17, 15) is 14.7 Å². The third-order valence-corrected chi connectivity index (χ3v) is 5.40. The van der Waals surface area contributed by atoms with Gasteiger partial charge in [0.15, 0.2) is 17.3 Å². The number of aromatic nitrogens is 1. The van der Waals surface area contributed by atoms with Crippen LogP contribution in [-0.2, 0) is 9.59 Å². The molecule has 170 valence electrons. The third kappa shape index (κ3) is 3.67. The zero-order valence-corrected chi connectivity index (χ0v) is 18.5. The number of aliphatic hydroxyl groups is 1. The molecule has 1 aromatic heterocycles. The van der Waals surface area contributed by atoms with E-state index < -0.39 is 17.7 Å². The molecule has 1 saturated heterocycles. The number of carbonyl (C=O) groups excluding carboxylic acids is 2. The summed E-state index contributed by atoms with van der Waals surface area (Å²) in [4.78, 5) is 27.5. The smallest absolute Gasteiger partial charge is 0.301 e. The maximum atomic E-state index is 13.2. The van der Waals surface area contributed by atoms with Gasteiger partial charge in [-0.2, -0.15) is 0 Å². The second kappa shape index (κ2) is 8.70. The number of hydrogen-bond acceptors (Lipinski definition) is 8. The largest absolute Gasteiger partial charge is 0.507 e. The highest BCUT2D eigenvalue weighted by Gasteiger charge is 2.49. The van der Waals surface area contributed by atoms with Gasteiger partial charge in [0.2, 0.25) is 0 Å². The minimum Gasteiger partial charge on any atom is -0.507 e. The quantitative estimate of drug-likeness (QED) is 0.344. The molecule has 1 unspecified atom stereocenters. The molecule has 1 atom stereocenters. The van der Waals surface area contributed by atoms with Gasteiger partial charge in [0.25, 0.3) is 5.78 Å². The van der Waals surface area contributed by atoms with Crippen LogP contribution in [-0.4, -0.2) is 43.3 Å². The fourth-order valence-corrected chi connectivity index (χ4v) is 3.86. The fraction of sp³-hybridized carbons (Fsp3) is 0.208. The lowest BCUT2D eigenvalue weighted by molar-refractivity contribution is -0.132. The highest BCUT2D eigenvalue weighted by atomic mass is 16.5. The Labute approximate surface area is 189 Å². The van der Waals surface area contributed by atoms with E-state index in [1.54, 1.807) is 49.4 Å². The summed E-state index contributed by atoms with van der Waals surface area (Å²) in [5, 5.41) is 15.1. The summed E-state index contributed by atoms with van der Waals surface area (Å²) in [7, 11) is 4.46. The molecule has 2 heterocycles. The van der Waals surface area contributed by atoms with E-state index in [2.05, 4.69) is 5.16 Å². The van der Waals surface area contributed by atoms with E-state index in [-0.39, 0.29) is 17.2 Å². The van der Waals surface area contributed by atoms with Crippen LogP contribution in [0, 0.1) is 6.92 Å². The van der Waals surface area contributed by atoms with Crippen LogP contribution >= 0.6 is 0 Å². The van der Waals surface area contributed by atoms with Gasteiger partial charge in [-0.1, -0.05) is 17.3 Å². The average molecular weight is 450 g/mol. The van der Waals surface area contributed by atoms with Gasteiger partial charge in [-0.3, -0.25) is 14.5 Å². The van der Waals surface area contributed by atoms with Crippen molar-refractivity contribution >= 4 is 23.3 Å². The molecule has 1 fully saturated rings. The molecule has 9 heteroatoms. The highest BCUT2D eigenvalue weighted by molar-refractivity contribution is 6.51. The van der Waals surface area contributed by atoms with Gasteiger partial charge in [0, 0.05) is 17.2 Å². The molecule has 1 amide bonds. The number of aliphatic hydroxyl groups excluding tert-OH is 1. The zero-order valence-electron chi connectivity index (χ0n) is 18.5. The van der Waals surface area contributed by atoms with Gasteiger partial charge in [0.1, 0.15) is 23.3 Å². The Morgan fingerprint density at radius 3 is 2.33 bits per heavy atom. The lowest BCUT2D eigenvalue weighted by atomic mass is 9.94. The summed E-state index contributed by atoms with van der Waals surface area (Å²) in [6, 6.07) is 12.1. The molecule has 0 aliphatic carbocycles. The molecule has 4 rings (SSSR count). The number of benzene rings is 2. The van der Waals surface area contributed by atoms with E-state index in [4.69, 9.17) is 18.7 Å². The van der Waals surface area contributed by atoms with Crippen molar-refractivity contribution in [3.05, 3.63) is 71.0 Å².